The summed E-state index contributed by atoms with van der Waals surface area (Å²) in [4.78, 5) is 38.6. The fourth-order valence-corrected chi connectivity index (χ4v) is 4.91. The third-order valence-electron chi connectivity index (χ3n) is 6.16. The average Bonchev–Trinajstić information content (AvgIpc) is 3.40. The summed E-state index contributed by atoms with van der Waals surface area (Å²) in [7, 11) is 1.60. The Balaban J connectivity index is 1.55. The highest BCUT2D eigenvalue weighted by molar-refractivity contribution is 6.24. The first kappa shape index (κ1) is 18.7. The highest BCUT2D eigenvalue weighted by atomic mass is 16.6. The highest BCUT2D eigenvalue weighted by Crippen LogP contribution is 2.49. The standard InChI is InChI=1S/C21H20N4O5/c1-30-16-8-6-13(7-9-16)18-17-19(23-11-3-10-22(18)23)21(27)24(20(17)26)14-4-2-5-15(12-14)25(28)29/h2,4-9,12,17-19H,3,10-11H2,1H3/t17-,18+,19+/m1/s1. The van der Waals surface area contributed by atoms with Crippen LogP contribution in [0.2, 0.25) is 0 Å². The van der Waals surface area contributed by atoms with Crippen molar-refractivity contribution in [2.24, 2.45) is 5.92 Å². The van der Waals surface area contributed by atoms with Crippen LogP contribution in [0.5, 0.6) is 5.75 Å². The van der Waals surface area contributed by atoms with Crippen LogP contribution in [0, 0.1) is 16.0 Å². The molecule has 0 radical (unpaired) electrons. The van der Waals surface area contributed by atoms with E-state index in [1.54, 1.807) is 13.2 Å². The predicted molar refractivity (Wildman–Crippen MR) is 107 cm³/mol. The van der Waals surface area contributed by atoms with E-state index in [2.05, 4.69) is 5.01 Å². The van der Waals surface area contributed by atoms with Crippen LogP contribution in [-0.2, 0) is 9.59 Å². The van der Waals surface area contributed by atoms with Gasteiger partial charge in [-0.2, -0.15) is 0 Å². The lowest BCUT2D eigenvalue weighted by Gasteiger charge is -2.29. The first-order valence-corrected chi connectivity index (χ1v) is 9.80. The van der Waals surface area contributed by atoms with Crippen molar-refractivity contribution in [1.29, 1.82) is 0 Å². The Morgan fingerprint density at radius 2 is 1.70 bits per heavy atom. The van der Waals surface area contributed by atoms with Gasteiger partial charge in [-0.3, -0.25) is 19.7 Å². The number of methoxy groups -OCH3 is 1. The molecular weight excluding hydrogens is 388 g/mol. The molecular formula is C21H20N4O5. The fourth-order valence-electron chi connectivity index (χ4n) is 4.91. The van der Waals surface area contributed by atoms with E-state index < -0.39 is 16.9 Å². The number of imide groups is 1. The van der Waals surface area contributed by atoms with Gasteiger partial charge >= 0.3 is 0 Å². The first-order chi connectivity index (χ1) is 14.5. The maximum absolute atomic E-state index is 13.5. The van der Waals surface area contributed by atoms with Crippen LogP contribution in [0.3, 0.4) is 0 Å². The lowest BCUT2D eigenvalue weighted by molar-refractivity contribution is -0.384. The van der Waals surface area contributed by atoms with Crippen LogP contribution in [0.25, 0.3) is 0 Å². The molecule has 9 nitrogen and oxygen atoms in total. The molecule has 3 saturated heterocycles. The molecule has 0 spiro atoms. The SMILES string of the molecule is COc1ccc([C@H]2[C@H]3C(=O)N(c4cccc([N+](=O)[O-])c4)C(=O)[C@H]3N3CCCN23)cc1. The van der Waals surface area contributed by atoms with Crippen LogP contribution < -0.4 is 9.64 Å². The summed E-state index contributed by atoms with van der Waals surface area (Å²) < 4.78 is 5.24. The smallest absolute Gasteiger partial charge is 0.271 e. The third kappa shape index (κ3) is 2.62. The van der Waals surface area contributed by atoms with Crippen molar-refractivity contribution in [1.82, 2.24) is 10.0 Å². The Morgan fingerprint density at radius 1 is 1.00 bits per heavy atom. The molecule has 2 aromatic carbocycles. The van der Waals surface area contributed by atoms with Gasteiger partial charge in [-0.1, -0.05) is 18.2 Å². The summed E-state index contributed by atoms with van der Waals surface area (Å²) in [5.74, 6) is -0.488. The molecule has 3 fully saturated rings. The Bertz CT molecular complexity index is 1040. The number of amides is 2. The number of fused-ring (bicyclic) bond motifs is 3. The van der Waals surface area contributed by atoms with Crippen molar-refractivity contribution < 1.29 is 19.2 Å². The third-order valence-corrected chi connectivity index (χ3v) is 6.16. The molecule has 0 unspecified atom stereocenters. The molecule has 5 rings (SSSR count). The van der Waals surface area contributed by atoms with E-state index in [1.165, 1.54) is 18.2 Å². The van der Waals surface area contributed by atoms with Crippen molar-refractivity contribution >= 4 is 23.2 Å². The van der Waals surface area contributed by atoms with Gasteiger partial charge in [0.2, 0.25) is 5.91 Å². The number of nitro groups is 1. The van der Waals surface area contributed by atoms with E-state index in [4.69, 9.17) is 4.74 Å². The number of ether oxygens (including phenoxy) is 1. The van der Waals surface area contributed by atoms with Gasteiger partial charge in [-0.25, -0.2) is 14.9 Å². The van der Waals surface area contributed by atoms with Crippen LogP contribution in [0.1, 0.15) is 18.0 Å². The average molecular weight is 408 g/mol. The van der Waals surface area contributed by atoms with E-state index in [1.807, 2.05) is 29.3 Å². The molecule has 3 aliphatic rings. The number of non-ortho nitro benzene ring substituents is 1. The molecule has 3 heterocycles. The van der Waals surface area contributed by atoms with E-state index in [0.717, 1.165) is 29.2 Å². The Morgan fingerprint density at radius 3 is 2.37 bits per heavy atom. The van der Waals surface area contributed by atoms with Crippen LogP contribution >= 0.6 is 0 Å². The molecule has 154 valence electrons. The van der Waals surface area contributed by atoms with E-state index >= 15 is 0 Å². The summed E-state index contributed by atoms with van der Waals surface area (Å²) in [5.41, 5.74) is 1.03. The van der Waals surface area contributed by atoms with Gasteiger partial charge in [0.1, 0.15) is 11.8 Å². The summed E-state index contributed by atoms with van der Waals surface area (Å²) in [5, 5.41) is 15.3. The van der Waals surface area contributed by atoms with Crippen LogP contribution in [-0.4, -0.2) is 53.0 Å². The number of hydrazine groups is 1. The molecule has 3 aliphatic heterocycles. The quantitative estimate of drug-likeness (QED) is 0.434. The number of benzene rings is 2. The van der Waals surface area contributed by atoms with Crippen molar-refractivity contribution in [2.75, 3.05) is 25.1 Å². The maximum Gasteiger partial charge on any atom is 0.271 e. The lowest BCUT2D eigenvalue weighted by Crippen LogP contribution is -2.44. The highest BCUT2D eigenvalue weighted by Gasteiger charge is 2.62. The van der Waals surface area contributed by atoms with E-state index in [9.17, 15) is 19.7 Å². The van der Waals surface area contributed by atoms with Gasteiger partial charge in [-0.15, -0.1) is 0 Å². The predicted octanol–water partition coefficient (Wildman–Crippen LogP) is 2.14. The molecule has 0 N–H and O–H groups in total. The van der Waals surface area contributed by atoms with Crippen LogP contribution in [0.15, 0.2) is 48.5 Å². The van der Waals surface area contributed by atoms with Gasteiger partial charge in [0.15, 0.2) is 0 Å². The zero-order chi connectivity index (χ0) is 21.0. The number of carbonyl (C=O) groups excluding carboxylic acids is 2. The Hall–Kier alpha value is -3.30. The van der Waals surface area contributed by atoms with E-state index in [-0.39, 0.29) is 29.2 Å². The summed E-state index contributed by atoms with van der Waals surface area (Å²) in [6.45, 7) is 1.48. The molecule has 2 aromatic rings. The molecule has 9 heteroatoms. The molecule has 0 aliphatic carbocycles. The molecule has 2 amide bonds. The zero-order valence-electron chi connectivity index (χ0n) is 16.3. The molecule has 0 bridgehead atoms. The lowest BCUT2D eigenvalue weighted by atomic mass is 9.90. The minimum atomic E-state index is -0.591. The molecule has 30 heavy (non-hydrogen) atoms. The fraction of sp³-hybridized carbons (Fsp3) is 0.333. The molecule has 0 aromatic heterocycles. The zero-order valence-corrected chi connectivity index (χ0v) is 16.3. The van der Waals surface area contributed by atoms with Crippen molar-refractivity contribution in [3.8, 4) is 5.75 Å². The number of carbonyl (C=O) groups is 2. The normalized spacial score (nSPS) is 26.2. The van der Waals surface area contributed by atoms with Crippen molar-refractivity contribution in [3.05, 3.63) is 64.2 Å². The summed E-state index contributed by atoms with van der Waals surface area (Å²) in [6, 6.07) is 12.4. The van der Waals surface area contributed by atoms with Gasteiger partial charge in [0.05, 0.1) is 29.7 Å². The summed E-state index contributed by atoms with van der Waals surface area (Å²) in [6.07, 6.45) is 0.911. The number of rotatable bonds is 4. The topological polar surface area (TPSA) is 96.2 Å². The maximum atomic E-state index is 13.5. The number of hydrogen-bond acceptors (Lipinski definition) is 7. The van der Waals surface area contributed by atoms with Crippen molar-refractivity contribution in [2.45, 2.75) is 18.5 Å². The van der Waals surface area contributed by atoms with Gasteiger partial charge in [0, 0.05) is 25.2 Å². The second-order valence-corrected chi connectivity index (χ2v) is 7.66. The number of anilines is 1. The second kappa shape index (κ2) is 6.89. The Kier molecular flexibility index (Phi) is 4.30. The van der Waals surface area contributed by atoms with Gasteiger partial charge < -0.3 is 4.74 Å². The monoisotopic (exact) mass is 408 g/mol. The second-order valence-electron chi connectivity index (χ2n) is 7.66. The largest absolute Gasteiger partial charge is 0.497 e. The van der Waals surface area contributed by atoms with Gasteiger partial charge in [-0.05, 0) is 30.2 Å². The van der Waals surface area contributed by atoms with Crippen LogP contribution in [0.4, 0.5) is 11.4 Å². The van der Waals surface area contributed by atoms with Crippen molar-refractivity contribution in [3.63, 3.8) is 0 Å². The summed E-state index contributed by atoms with van der Waals surface area (Å²) >= 11 is 0. The minimum Gasteiger partial charge on any atom is -0.497 e. The molecule has 3 atom stereocenters. The Labute approximate surface area is 172 Å². The van der Waals surface area contributed by atoms with Gasteiger partial charge in [0.25, 0.3) is 11.6 Å². The first-order valence-electron chi connectivity index (χ1n) is 9.80. The number of hydrogen-bond donors (Lipinski definition) is 0. The van der Waals surface area contributed by atoms with E-state index in [0.29, 0.717) is 6.54 Å². The minimum absolute atomic E-state index is 0.153. The molecule has 0 saturated carbocycles. The number of nitrogens with zero attached hydrogens (tertiary/aromatic N) is 4. The number of nitro benzene ring substituents is 1.